The smallest absolute Gasteiger partial charge is 0.247 e. The maximum Gasteiger partial charge on any atom is 0.247 e. The zero-order valence-electron chi connectivity index (χ0n) is 17.7. The van der Waals surface area contributed by atoms with E-state index in [0.29, 0.717) is 39.5 Å². The predicted octanol–water partition coefficient (Wildman–Crippen LogP) is 4.11. The molecule has 1 unspecified atom stereocenters. The molecule has 31 heavy (non-hydrogen) atoms. The van der Waals surface area contributed by atoms with Crippen molar-refractivity contribution in [3.8, 4) is 28.6 Å². The number of methoxy groups -OCH3 is 2. The van der Waals surface area contributed by atoms with Crippen molar-refractivity contribution in [2.45, 2.75) is 25.2 Å². The first kappa shape index (κ1) is 20.9. The Balaban J connectivity index is 1.95. The summed E-state index contributed by atoms with van der Waals surface area (Å²) >= 11 is 1.47. The number of aromatic nitrogens is 3. The Hall–Kier alpha value is -3.33. The van der Waals surface area contributed by atoms with E-state index in [1.165, 1.54) is 18.7 Å². The maximum absolute atomic E-state index is 12.9. The molecule has 8 nitrogen and oxygen atoms in total. The highest BCUT2D eigenvalue weighted by Crippen LogP contribution is 2.45. The Bertz CT molecular complexity index is 1120. The monoisotopic (exact) mass is 438 g/mol. The van der Waals surface area contributed by atoms with E-state index in [1.54, 1.807) is 31.3 Å². The average Bonchev–Trinajstić information content (AvgIpc) is 2.93. The van der Waals surface area contributed by atoms with E-state index in [2.05, 4.69) is 15.2 Å². The number of carbonyl (C=O) groups excluding carboxylic acids is 1. The van der Waals surface area contributed by atoms with Crippen molar-refractivity contribution < 1.29 is 19.0 Å². The molecule has 0 N–H and O–H groups in total. The minimum Gasteiger partial charge on any atom is -0.497 e. The van der Waals surface area contributed by atoms with E-state index in [1.807, 2.05) is 37.3 Å². The van der Waals surface area contributed by atoms with Crippen molar-refractivity contribution in [2.24, 2.45) is 0 Å². The minimum absolute atomic E-state index is 0.195. The van der Waals surface area contributed by atoms with Gasteiger partial charge in [0.2, 0.25) is 23.2 Å². The molecule has 1 atom stereocenters. The van der Waals surface area contributed by atoms with Gasteiger partial charge in [0.15, 0.2) is 5.69 Å². The number of hydrogen-bond donors (Lipinski definition) is 0. The quantitative estimate of drug-likeness (QED) is 0.550. The lowest BCUT2D eigenvalue weighted by atomic mass is 10.1. The van der Waals surface area contributed by atoms with Crippen molar-refractivity contribution in [2.75, 3.05) is 24.9 Å². The Morgan fingerprint density at radius 2 is 1.97 bits per heavy atom. The number of thioether (sulfide) groups is 1. The lowest BCUT2D eigenvalue weighted by Crippen LogP contribution is -2.36. The largest absolute Gasteiger partial charge is 0.497 e. The number of nitrogens with zero attached hydrogens (tertiary/aromatic N) is 4. The molecule has 0 radical (unpaired) electrons. The second-order valence-electron chi connectivity index (χ2n) is 6.67. The highest BCUT2D eigenvalue weighted by molar-refractivity contribution is 7.99. The summed E-state index contributed by atoms with van der Waals surface area (Å²) in [5.74, 6) is 2.08. The van der Waals surface area contributed by atoms with Crippen molar-refractivity contribution in [3.63, 3.8) is 0 Å². The number of amides is 1. The molecular weight excluding hydrogens is 416 g/mol. The molecule has 0 saturated carbocycles. The molecule has 9 heteroatoms. The molecule has 3 aromatic rings. The molecule has 0 bridgehead atoms. The first-order valence-corrected chi connectivity index (χ1v) is 10.7. The fourth-order valence-electron chi connectivity index (χ4n) is 3.47. The number of benzene rings is 2. The second kappa shape index (κ2) is 8.81. The Labute approximate surface area is 184 Å². The fourth-order valence-corrected chi connectivity index (χ4v) is 3.97. The number of carbonyl (C=O) groups is 1. The number of para-hydroxylation sites is 1. The first-order valence-electron chi connectivity index (χ1n) is 9.72. The summed E-state index contributed by atoms with van der Waals surface area (Å²) < 4.78 is 17.3. The van der Waals surface area contributed by atoms with Crippen LogP contribution in [0.5, 0.6) is 17.4 Å². The number of anilines is 1. The molecule has 1 aliphatic heterocycles. The van der Waals surface area contributed by atoms with Gasteiger partial charge in [0.05, 0.1) is 25.5 Å². The van der Waals surface area contributed by atoms with Gasteiger partial charge in [0, 0.05) is 18.6 Å². The van der Waals surface area contributed by atoms with Gasteiger partial charge in [-0.15, -0.1) is 10.2 Å². The first-order chi connectivity index (χ1) is 15.1. The van der Waals surface area contributed by atoms with Gasteiger partial charge >= 0.3 is 0 Å². The summed E-state index contributed by atoms with van der Waals surface area (Å²) in [4.78, 5) is 19.0. The van der Waals surface area contributed by atoms with Gasteiger partial charge in [-0.1, -0.05) is 36.9 Å². The van der Waals surface area contributed by atoms with E-state index in [0.717, 1.165) is 11.3 Å². The van der Waals surface area contributed by atoms with Crippen LogP contribution in [0.4, 0.5) is 5.69 Å². The van der Waals surface area contributed by atoms with E-state index in [9.17, 15) is 4.79 Å². The van der Waals surface area contributed by atoms with Crippen LogP contribution in [0.2, 0.25) is 0 Å². The molecule has 0 fully saturated rings. The molecule has 4 rings (SSSR count). The third-order valence-corrected chi connectivity index (χ3v) is 5.55. The molecular formula is C22H22N4O4S. The molecule has 1 aromatic heterocycles. The third kappa shape index (κ3) is 3.88. The van der Waals surface area contributed by atoms with Crippen LogP contribution in [0.15, 0.2) is 47.6 Å². The van der Waals surface area contributed by atoms with Gasteiger partial charge in [-0.05, 0) is 24.0 Å². The Kier molecular flexibility index (Phi) is 5.94. The van der Waals surface area contributed by atoms with Gasteiger partial charge in [0.1, 0.15) is 11.5 Å². The van der Waals surface area contributed by atoms with E-state index < -0.39 is 6.23 Å². The van der Waals surface area contributed by atoms with Crippen LogP contribution in [0.3, 0.4) is 0 Å². The van der Waals surface area contributed by atoms with Crippen LogP contribution in [-0.2, 0) is 4.79 Å². The number of hydrogen-bond acceptors (Lipinski definition) is 8. The zero-order chi connectivity index (χ0) is 22.0. The summed E-state index contributed by atoms with van der Waals surface area (Å²) in [6.07, 6.45) is -0.822. The number of fused-ring (bicyclic) bond motifs is 3. The summed E-state index contributed by atoms with van der Waals surface area (Å²) in [5, 5.41) is 9.12. The van der Waals surface area contributed by atoms with Crippen LogP contribution in [-0.4, -0.2) is 41.1 Å². The highest BCUT2D eigenvalue weighted by Gasteiger charge is 2.36. The Morgan fingerprint density at radius 3 is 2.68 bits per heavy atom. The maximum atomic E-state index is 12.9. The predicted molar refractivity (Wildman–Crippen MR) is 118 cm³/mol. The fraction of sp³-hybridized carbons (Fsp3) is 0.273. The van der Waals surface area contributed by atoms with E-state index in [4.69, 9.17) is 14.2 Å². The third-order valence-electron chi connectivity index (χ3n) is 4.83. The van der Waals surface area contributed by atoms with Crippen LogP contribution in [0, 0.1) is 0 Å². The highest BCUT2D eigenvalue weighted by atomic mass is 32.2. The summed E-state index contributed by atoms with van der Waals surface area (Å²) in [6, 6.07) is 12.9. The molecule has 0 saturated heterocycles. The van der Waals surface area contributed by atoms with E-state index >= 15 is 0 Å². The van der Waals surface area contributed by atoms with Gasteiger partial charge in [0.25, 0.3) is 0 Å². The summed E-state index contributed by atoms with van der Waals surface area (Å²) in [7, 11) is 3.15. The standard InChI is InChI=1S/C22H22N4O4S/c1-5-31-22-23-20-19(24-25-22)15-8-6-7-9-17(15)26(13(2)27)21(30-20)16-11-10-14(28-3)12-18(16)29-4/h6-12,21H,5H2,1-4H3. The Morgan fingerprint density at radius 1 is 1.16 bits per heavy atom. The van der Waals surface area contributed by atoms with Crippen molar-refractivity contribution >= 4 is 23.4 Å². The summed E-state index contributed by atoms with van der Waals surface area (Å²) in [6.45, 7) is 3.51. The number of rotatable bonds is 5. The molecule has 1 amide bonds. The van der Waals surface area contributed by atoms with Crippen LogP contribution in [0.25, 0.3) is 11.3 Å². The van der Waals surface area contributed by atoms with Crippen molar-refractivity contribution in [1.29, 1.82) is 0 Å². The van der Waals surface area contributed by atoms with Crippen molar-refractivity contribution in [3.05, 3.63) is 48.0 Å². The molecule has 160 valence electrons. The van der Waals surface area contributed by atoms with Gasteiger partial charge in [-0.25, -0.2) is 0 Å². The normalized spacial score (nSPS) is 14.7. The van der Waals surface area contributed by atoms with Crippen LogP contribution >= 0.6 is 11.8 Å². The second-order valence-corrected chi connectivity index (χ2v) is 7.90. The average molecular weight is 439 g/mol. The lowest BCUT2D eigenvalue weighted by molar-refractivity contribution is -0.118. The lowest BCUT2D eigenvalue weighted by Gasteiger charge is -2.30. The SMILES string of the molecule is CCSc1nnc2c(n1)OC(c1ccc(OC)cc1OC)N(C(C)=O)c1ccccc1-2. The van der Waals surface area contributed by atoms with Gasteiger partial charge in [-0.3, -0.25) is 9.69 Å². The zero-order valence-corrected chi connectivity index (χ0v) is 18.5. The topological polar surface area (TPSA) is 86.7 Å². The molecule has 0 aliphatic carbocycles. The van der Waals surface area contributed by atoms with Gasteiger partial charge < -0.3 is 14.2 Å². The molecule has 2 heterocycles. The molecule has 2 aromatic carbocycles. The van der Waals surface area contributed by atoms with Crippen molar-refractivity contribution in [1.82, 2.24) is 15.2 Å². The molecule has 0 spiro atoms. The van der Waals surface area contributed by atoms with Gasteiger partial charge in [-0.2, -0.15) is 4.98 Å². The minimum atomic E-state index is -0.822. The molecule has 1 aliphatic rings. The van der Waals surface area contributed by atoms with E-state index in [-0.39, 0.29) is 5.91 Å². The van der Waals surface area contributed by atoms with Crippen LogP contribution < -0.4 is 19.1 Å². The van der Waals surface area contributed by atoms with Crippen LogP contribution in [0.1, 0.15) is 25.6 Å². The summed E-state index contributed by atoms with van der Waals surface area (Å²) in [5.41, 5.74) is 2.51. The number of ether oxygens (including phenoxy) is 3.